The Morgan fingerprint density at radius 3 is 2.85 bits per heavy atom. The van der Waals surface area contributed by atoms with E-state index in [-0.39, 0.29) is 23.5 Å². The van der Waals surface area contributed by atoms with E-state index in [9.17, 15) is 4.79 Å². The van der Waals surface area contributed by atoms with Crippen LogP contribution in [-0.4, -0.2) is 35.5 Å². The lowest BCUT2D eigenvalue weighted by Crippen LogP contribution is -2.45. The molecule has 4 unspecified atom stereocenters. The van der Waals surface area contributed by atoms with Crippen molar-refractivity contribution in [2.75, 3.05) is 18.1 Å². The third kappa shape index (κ3) is 3.07. The van der Waals surface area contributed by atoms with Crippen molar-refractivity contribution in [3.8, 4) is 0 Å². The third-order valence-electron chi connectivity index (χ3n) is 5.40. The summed E-state index contributed by atoms with van der Waals surface area (Å²) in [6.45, 7) is 0.763. The summed E-state index contributed by atoms with van der Waals surface area (Å²) in [7, 11) is 0. The molecule has 2 heterocycles. The van der Waals surface area contributed by atoms with E-state index in [1.54, 1.807) is 0 Å². The Morgan fingerprint density at radius 2 is 2.05 bits per heavy atom. The molecule has 2 aliphatic heterocycles. The molecule has 0 bridgehead atoms. The highest BCUT2D eigenvalue weighted by molar-refractivity contribution is 7.99. The van der Waals surface area contributed by atoms with Gasteiger partial charge in [0.05, 0.1) is 5.60 Å². The van der Waals surface area contributed by atoms with Gasteiger partial charge in [-0.3, -0.25) is 4.79 Å². The highest BCUT2D eigenvalue weighted by atomic mass is 32.2. The molecule has 20 heavy (non-hydrogen) atoms. The van der Waals surface area contributed by atoms with E-state index in [0.29, 0.717) is 5.78 Å². The van der Waals surface area contributed by atoms with Gasteiger partial charge in [-0.05, 0) is 37.9 Å². The Balaban J connectivity index is 1.66. The smallest absolute Gasteiger partial charge is 0.140 e. The van der Waals surface area contributed by atoms with Gasteiger partial charge in [0.15, 0.2) is 0 Å². The van der Waals surface area contributed by atoms with Crippen LogP contribution in [0.1, 0.15) is 51.4 Å². The second kappa shape index (κ2) is 6.37. The SMILES string of the molecule is NC1CCCCCC1C(=O)C1CCOC2(CCSC2)C1. The quantitative estimate of drug-likeness (QED) is 0.796. The van der Waals surface area contributed by atoms with Crippen LogP contribution in [0.25, 0.3) is 0 Å². The van der Waals surface area contributed by atoms with E-state index in [2.05, 4.69) is 0 Å². The fourth-order valence-corrected chi connectivity index (χ4v) is 5.50. The van der Waals surface area contributed by atoms with E-state index in [1.807, 2.05) is 11.8 Å². The molecule has 3 rings (SSSR count). The number of hydrogen-bond donors (Lipinski definition) is 1. The van der Waals surface area contributed by atoms with E-state index in [0.717, 1.165) is 44.5 Å². The monoisotopic (exact) mass is 297 g/mol. The van der Waals surface area contributed by atoms with E-state index >= 15 is 0 Å². The molecular formula is C16H27NO2S. The lowest BCUT2D eigenvalue weighted by atomic mass is 9.76. The minimum Gasteiger partial charge on any atom is -0.374 e. The first-order valence-electron chi connectivity index (χ1n) is 8.21. The third-order valence-corrected chi connectivity index (χ3v) is 6.62. The Kier molecular flexibility index (Phi) is 4.73. The van der Waals surface area contributed by atoms with Crippen molar-refractivity contribution in [1.82, 2.24) is 0 Å². The van der Waals surface area contributed by atoms with Crippen LogP contribution in [0.15, 0.2) is 0 Å². The number of ether oxygens (including phenoxy) is 1. The lowest BCUT2D eigenvalue weighted by molar-refractivity contribution is -0.138. The van der Waals surface area contributed by atoms with Gasteiger partial charge in [-0.1, -0.05) is 19.3 Å². The van der Waals surface area contributed by atoms with Gasteiger partial charge in [0, 0.05) is 30.2 Å². The topological polar surface area (TPSA) is 52.3 Å². The van der Waals surface area contributed by atoms with Gasteiger partial charge in [0.2, 0.25) is 0 Å². The summed E-state index contributed by atoms with van der Waals surface area (Å²) in [4.78, 5) is 12.9. The zero-order valence-corrected chi connectivity index (χ0v) is 13.1. The summed E-state index contributed by atoms with van der Waals surface area (Å²) in [5, 5.41) is 0. The molecule has 1 aliphatic carbocycles. The van der Waals surface area contributed by atoms with Gasteiger partial charge in [0.25, 0.3) is 0 Å². The predicted molar refractivity (Wildman–Crippen MR) is 82.9 cm³/mol. The van der Waals surface area contributed by atoms with Crippen LogP contribution < -0.4 is 5.73 Å². The summed E-state index contributed by atoms with van der Waals surface area (Å²) >= 11 is 1.97. The Bertz CT molecular complexity index is 354. The van der Waals surface area contributed by atoms with Crippen molar-refractivity contribution in [1.29, 1.82) is 0 Å². The molecule has 0 aromatic rings. The molecule has 4 atom stereocenters. The van der Waals surface area contributed by atoms with Gasteiger partial charge < -0.3 is 10.5 Å². The fraction of sp³-hybridized carbons (Fsp3) is 0.938. The van der Waals surface area contributed by atoms with Gasteiger partial charge in [-0.25, -0.2) is 0 Å². The van der Waals surface area contributed by atoms with Crippen molar-refractivity contribution in [2.45, 2.75) is 63.0 Å². The van der Waals surface area contributed by atoms with E-state index < -0.39 is 0 Å². The number of ketones is 1. The Hall–Kier alpha value is -0.0600. The van der Waals surface area contributed by atoms with Crippen molar-refractivity contribution in [3.05, 3.63) is 0 Å². The van der Waals surface area contributed by atoms with Crippen LogP contribution in [0.3, 0.4) is 0 Å². The molecule has 1 saturated carbocycles. The molecule has 0 radical (unpaired) electrons. The van der Waals surface area contributed by atoms with Crippen LogP contribution in [0.5, 0.6) is 0 Å². The number of nitrogens with two attached hydrogens (primary N) is 1. The molecule has 3 aliphatic rings. The number of carbonyl (C=O) groups is 1. The molecule has 0 aromatic heterocycles. The number of rotatable bonds is 2. The zero-order valence-electron chi connectivity index (χ0n) is 12.3. The summed E-state index contributed by atoms with van der Waals surface area (Å²) in [6.07, 6.45) is 8.63. The second-order valence-electron chi connectivity index (χ2n) is 6.83. The highest BCUT2D eigenvalue weighted by Gasteiger charge is 2.44. The van der Waals surface area contributed by atoms with Crippen LogP contribution in [0.4, 0.5) is 0 Å². The van der Waals surface area contributed by atoms with E-state index in [1.165, 1.54) is 25.0 Å². The van der Waals surface area contributed by atoms with Crippen molar-refractivity contribution >= 4 is 17.5 Å². The Morgan fingerprint density at radius 1 is 1.20 bits per heavy atom. The minimum absolute atomic E-state index is 0.0120. The molecule has 3 nitrogen and oxygen atoms in total. The number of thioether (sulfide) groups is 1. The summed E-state index contributed by atoms with van der Waals surface area (Å²) in [6, 6.07) is 0.0988. The van der Waals surface area contributed by atoms with Gasteiger partial charge in [-0.15, -0.1) is 0 Å². The molecule has 4 heteroatoms. The number of carbonyl (C=O) groups excluding carboxylic acids is 1. The minimum atomic E-state index is 0.0120. The first-order chi connectivity index (χ1) is 9.70. The van der Waals surface area contributed by atoms with Crippen LogP contribution >= 0.6 is 11.8 Å². The van der Waals surface area contributed by atoms with Gasteiger partial charge in [0.1, 0.15) is 5.78 Å². The van der Waals surface area contributed by atoms with Crippen LogP contribution in [0, 0.1) is 11.8 Å². The maximum atomic E-state index is 12.9. The molecule has 2 N–H and O–H groups in total. The molecule has 2 saturated heterocycles. The van der Waals surface area contributed by atoms with Gasteiger partial charge in [-0.2, -0.15) is 11.8 Å². The molecule has 0 aromatic carbocycles. The first kappa shape index (κ1) is 14.9. The largest absolute Gasteiger partial charge is 0.374 e. The first-order valence-corrected chi connectivity index (χ1v) is 9.37. The molecule has 1 spiro atoms. The lowest BCUT2D eigenvalue weighted by Gasteiger charge is -2.38. The van der Waals surface area contributed by atoms with Crippen molar-refractivity contribution in [2.24, 2.45) is 17.6 Å². The van der Waals surface area contributed by atoms with Gasteiger partial charge >= 0.3 is 0 Å². The van der Waals surface area contributed by atoms with Crippen molar-refractivity contribution in [3.63, 3.8) is 0 Å². The van der Waals surface area contributed by atoms with Crippen molar-refractivity contribution < 1.29 is 9.53 Å². The standard InChI is InChI=1S/C16H27NO2S/c17-14-5-3-1-2-4-13(14)15(18)12-6-8-19-16(10-12)7-9-20-11-16/h12-14H,1-11,17H2. The zero-order chi connectivity index (χ0) is 14.0. The average molecular weight is 297 g/mol. The fourth-order valence-electron chi connectivity index (χ4n) is 4.13. The van der Waals surface area contributed by atoms with E-state index in [4.69, 9.17) is 10.5 Å². The maximum Gasteiger partial charge on any atom is 0.140 e. The maximum absolute atomic E-state index is 12.9. The molecule has 114 valence electrons. The number of hydrogen-bond acceptors (Lipinski definition) is 4. The molecular weight excluding hydrogens is 270 g/mol. The normalized spacial score (nSPS) is 42.5. The molecule has 3 fully saturated rings. The summed E-state index contributed by atoms with van der Waals surface area (Å²) < 4.78 is 6.04. The molecule has 0 amide bonds. The average Bonchev–Trinajstić information content (AvgIpc) is 2.78. The second-order valence-corrected chi connectivity index (χ2v) is 7.94. The highest BCUT2D eigenvalue weighted by Crippen LogP contribution is 2.42. The number of Topliss-reactive ketones (excluding diaryl/α,β-unsaturated/α-hetero) is 1. The van der Waals surface area contributed by atoms with Crippen LogP contribution in [-0.2, 0) is 9.53 Å². The predicted octanol–water partition coefficient (Wildman–Crippen LogP) is 2.77. The Labute approximate surface area is 126 Å². The summed E-state index contributed by atoms with van der Waals surface area (Å²) in [5.41, 5.74) is 6.29. The van der Waals surface area contributed by atoms with Crippen LogP contribution in [0.2, 0.25) is 0 Å². The summed E-state index contributed by atoms with van der Waals surface area (Å²) in [5.74, 6) is 3.04.